The van der Waals surface area contributed by atoms with Crippen molar-refractivity contribution in [2.24, 2.45) is 0 Å². The van der Waals surface area contributed by atoms with Gasteiger partial charge in [0, 0.05) is 13.1 Å². The number of aliphatic hydroxyl groups excluding tert-OH is 1. The van der Waals surface area contributed by atoms with Crippen molar-refractivity contribution in [2.75, 3.05) is 6.54 Å². The van der Waals surface area contributed by atoms with Crippen molar-refractivity contribution in [1.82, 2.24) is 5.32 Å². The number of nitrogens with one attached hydrogen (secondary N) is 1. The van der Waals surface area contributed by atoms with Crippen LogP contribution in [0.25, 0.3) is 0 Å². The van der Waals surface area contributed by atoms with E-state index in [0.29, 0.717) is 12.3 Å². The number of furan rings is 1. The Kier molecular flexibility index (Phi) is 3.77. The molecule has 2 N–H and O–H groups in total. The van der Waals surface area contributed by atoms with Crippen LogP contribution in [0, 0.1) is 6.92 Å². The Hall–Kier alpha value is -1.10. The summed E-state index contributed by atoms with van der Waals surface area (Å²) in [6.07, 6.45) is -0.577. The molecule has 0 bridgehead atoms. The van der Waals surface area contributed by atoms with Crippen LogP contribution in [-0.4, -0.2) is 11.7 Å². The molecule has 2 aromatic heterocycles. The Morgan fingerprint density at radius 2 is 2.31 bits per heavy atom. The van der Waals surface area contributed by atoms with Gasteiger partial charge in [-0.3, -0.25) is 0 Å². The number of hydrogen-bond acceptors (Lipinski definition) is 4. The largest absolute Gasteiger partial charge is 0.464 e. The van der Waals surface area contributed by atoms with E-state index in [1.807, 2.05) is 24.4 Å². The number of rotatable bonds is 5. The van der Waals surface area contributed by atoms with Crippen molar-refractivity contribution in [2.45, 2.75) is 19.6 Å². The predicted molar refractivity (Wildman–Crippen MR) is 64.4 cm³/mol. The molecular weight excluding hydrogens is 222 g/mol. The highest BCUT2D eigenvalue weighted by molar-refractivity contribution is 7.07. The fourth-order valence-electron chi connectivity index (χ4n) is 1.48. The molecular formula is C12H15NO2S. The average Bonchev–Trinajstić information content (AvgIpc) is 2.89. The molecule has 0 spiro atoms. The first-order chi connectivity index (χ1) is 7.75. The molecule has 2 rings (SSSR count). The van der Waals surface area contributed by atoms with Crippen molar-refractivity contribution >= 4 is 11.3 Å². The lowest BCUT2D eigenvalue weighted by atomic mass is 10.2. The third-order valence-electron chi connectivity index (χ3n) is 2.34. The molecule has 0 aliphatic rings. The fraction of sp³-hybridized carbons (Fsp3) is 0.333. The quantitative estimate of drug-likeness (QED) is 0.839. The first kappa shape index (κ1) is 11.4. The highest BCUT2D eigenvalue weighted by Crippen LogP contribution is 2.15. The Labute approximate surface area is 98.7 Å². The van der Waals surface area contributed by atoms with Crippen LogP contribution in [0.1, 0.15) is 23.2 Å². The van der Waals surface area contributed by atoms with Crippen LogP contribution in [0.15, 0.2) is 33.4 Å². The molecule has 0 amide bonds. The van der Waals surface area contributed by atoms with Crippen molar-refractivity contribution in [1.29, 1.82) is 0 Å². The van der Waals surface area contributed by atoms with Gasteiger partial charge in [0.1, 0.15) is 17.6 Å². The molecule has 1 unspecified atom stereocenters. The van der Waals surface area contributed by atoms with Gasteiger partial charge in [0.05, 0.1) is 0 Å². The molecule has 0 aromatic carbocycles. The van der Waals surface area contributed by atoms with Crippen molar-refractivity contribution < 1.29 is 9.52 Å². The predicted octanol–water partition coefficient (Wildman–Crippen LogP) is 2.47. The minimum Gasteiger partial charge on any atom is -0.464 e. The maximum Gasteiger partial charge on any atom is 0.133 e. The van der Waals surface area contributed by atoms with E-state index in [-0.39, 0.29) is 0 Å². The lowest BCUT2D eigenvalue weighted by molar-refractivity contribution is 0.146. The van der Waals surface area contributed by atoms with Gasteiger partial charge in [-0.2, -0.15) is 11.3 Å². The highest BCUT2D eigenvalue weighted by atomic mass is 32.1. The van der Waals surface area contributed by atoms with Crippen LogP contribution in [0.5, 0.6) is 0 Å². The van der Waals surface area contributed by atoms with Gasteiger partial charge in [0.15, 0.2) is 0 Å². The molecule has 0 aliphatic carbocycles. The lowest BCUT2D eigenvalue weighted by Gasteiger charge is -2.08. The monoisotopic (exact) mass is 237 g/mol. The molecule has 4 heteroatoms. The fourth-order valence-corrected chi connectivity index (χ4v) is 2.15. The van der Waals surface area contributed by atoms with E-state index in [4.69, 9.17) is 4.42 Å². The van der Waals surface area contributed by atoms with Gasteiger partial charge in [-0.05, 0) is 41.4 Å². The van der Waals surface area contributed by atoms with E-state index in [1.54, 1.807) is 11.3 Å². The number of thiophene rings is 1. The van der Waals surface area contributed by atoms with Crippen molar-refractivity contribution in [3.8, 4) is 0 Å². The van der Waals surface area contributed by atoms with Crippen LogP contribution in [-0.2, 0) is 6.54 Å². The van der Waals surface area contributed by atoms with E-state index in [0.717, 1.165) is 12.3 Å². The average molecular weight is 237 g/mol. The first-order valence-corrected chi connectivity index (χ1v) is 6.16. The third kappa shape index (κ3) is 2.95. The van der Waals surface area contributed by atoms with Crippen LogP contribution < -0.4 is 5.32 Å². The Balaban J connectivity index is 1.78. The van der Waals surface area contributed by atoms with E-state index in [1.165, 1.54) is 5.56 Å². The summed E-state index contributed by atoms with van der Waals surface area (Å²) in [5.41, 5.74) is 1.24. The molecule has 0 saturated carbocycles. The van der Waals surface area contributed by atoms with Gasteiger partial charge in [0.25, 0.3) is 0 Å². The second-order valence-electron chi connectivity index (χ2n) is 3.73. The summed E-state index contributed by atoms with van der Waals surface area (Å²) in [5.74, 6) is 1.45. The maximum absolute atomic E-state index is 9.81. The van der Waals surface area contributed by atoms with Crippen LogP contribution in [0.3, 0.4) is 0 Å². The molecule has 0 saturated heterocycles. The van der Waals surface area contributed by atoms with Gasteiger partial charge in [-0.15, -0.1) is 0 Å². The van der Waals surface area contributed by atoms with E-state index >= 15 is 0 Å². The van der Waals surface area contributed by atoms with Crippen molar-refractivity contribution in [3.63, 3.8) is 0 Å². The summed E-state index contributed by atoms with van der Waals surface area (Å²) in [7, 11) is 0. The molecule has 0 aliphatic heterocycles. The summed E-state index contributed by atoms with van der Waals surface area (Å²) < 4.78 is 5.35. The maximum atomic E-state index is 9.81. The zero-order chi connectivity index (χ0) is 11.4. The van der Waals surface area contributed by atoms with E-state index < -0.39 is 6.10 Å². The van der Waals surface area contributed by atoms with Gasteiger partial charge >= 0.3 is 0 Å². The SMILES string of the molecule is Cc1ccc(C(O)CNCc2ccsc2)o1. The molecule has 1 atom stereocenters. The summed E-state index contributed by atoms with van der Waals surface area (Å²) in [5, 5.41) is 17.1. The third-order valence-corrected chi connectivity index (χ3v) is 3.07. The molecule has 16 heavy (non-hydrogen) atoms. The smallest absolute Gasteiger partial charge is 0.133 e. The zero-order valence-corrected chi connectivity index (χ0v) is 9.96. The second-order valence-corrected chi connectivity index (χ2v) is 4.51. The number of hydrogen-bond donors (Lipinski definition) is 2. The molecule has 86 valence electrons. The Morgan fingerprint density at radius 3 is 2.94 bits per heavy atom. The van der Waals surface area contributed by atoms with Gasteiger partial charge in [-0.25, -0.2) is 0 Å². The van der Waals surface area contributed by atoms with Gasteiger partial charge in [0.2, 0.25) is 0 Å². The lowest BCUT2D eigenvalue weighted by Crippen LogP contribution is -2.20. The Bertz CT molecular complexity index is 422. The molecule has 0 radical (unpaired) electrons. The standard InChI is InChI=1S/C12H15NO2S/c1-9-2-3-12(15-9)11(14)7-13-6-10-4-5-16-8-10/h2-5,8,11,13-14H,6-7H2,1H3. The molecule has 3 nitrogen and oxygen atoms in total. The normalized spacial score (nSPS) is 12.9. The minimum absolute atomic E-state index is 0.503. The molecule has 0 fully saturated rings. The number of aryl methyl sites for hydroxylation is 1. The van der Waals surface area contributed by atoms with Crippen LogP contribution in [0.4, 0.5) is 0 Å². The molecule has 2 aromatic rings. The summed E-state index contributed by atoms with van der Waals surface area (Å²) in [6.45, 7) is 3.15. The zero-order valence-electron chi connectivity index (χ0n) is 9.14. The van der Waals surface area contributed by atoms with Crippen molar-refractivity contribution in [3.05, 3.63) is 46.0 Å². The van der Waals surface area contributed by atoms with E-state index in [9.17, 15) is 5.11 Å². The Morgan fingerprint density at radius 1 is 1.44 bits per heavy atom. The first-order valence-electron chi connectivity index (χ1n) is 5.22. The summed E-state index contributed by atoms with van der Waals surface area (Å²) in [4.78, 5) is 0. The molecule has 2 heterocycles. The van der Waals surface area contributed by atoms with E-state index in [2.05, 4.69) is 16.8 Å². The topological polar surface area (TPSA) is 45.4 Å². The highest BCUT2D eigenvalue weighted by Gasteiger charge is 2.10. The second kappa shape index (κ2) is 5.30. The van der Waals surface area contributed by atoms with Gasteiger partial charge in [-0.1, -0.05) is 0 Å². The minimum atomic E-state index is -0.577. The summed E-state index contributed by atoms with van der Waals surface area (Å²) >= 11 is 1.68. The van der Waals surface area contributed by atoms with Gasteiger partial charge < -0.3 is 14.8 Å². The number of aliphatic hydroxyl groups is 1. The van der Waals surface area contributed by atoms with Crippen LogP contribution >= 0.6 is 11.3 Å². The summed E-state index contributed by atoms with van der Waals surface area (Å²) in [6, 6.07) is 5.74. The van der Waals surface area contributed by atoms with Crippen LogP contribution in [0.2, 0.25) is 0 Å².